The van der Waals surface area contributed by atoms with E-state index in [2.05, 4.69) is 20.0 Å². The normalized spacial score (nSPS) is 13.1. The largest absolute Gasteiger partial charge is 0.438 e. The first-order valence-corrected chi connectivity index (χ1v) is 13.1. The van der Waals surface area contributed by atoms with Crippen molar-refractivity contribution < 1.29 is 31.3 Å². The summed E-state index contributed by atoms with van der Waals surface area (Å²) in [5.74, 6) is -1.73. The monoisotopic (exact) mass is 538 g/mol. The van der Waals surface area contributed by atoms with E-state index in [9.17, 15) is 26.6 Å². The number of halogens is 4. The van der Waals surface area contributed by atoms with Crippen molar-refractivity contribution in [2.45, 2.75) is 24.4 Å². The summed E-state index contributed by atoms with van der Waals surface area (Å²) in [6.07, 6.45) is -2.04. The number of carbonyl (C=O) groups excluding carboxylic acids is 1. The highest BCUT2D eigenvalue weighted by Gasteiger charge is 2.33. The molecule has 0 aliphatic carbocycles. The molecule has 1 heterocycles. The number of benzene rings is 2. The lowest BCUT2D eigenvalue weighted by molar-refractivity contribution is -0.137. The van der Waals surface area contributed by atoms with E-state index in [0.717, 1.165) is 6.07 Å². The zero-order valence-corrected chi connectivity index (χ0v) is 21.2. The first kappa shape index (κ1) is 28.1. The minimum Gasteiger partial charge on any atom is -0.438 e. The Morgan fingerprint density at radius 2 is 1.92 bits per heavy atom. The molecule has 2 N–H and O–H groups in total. The molecular weight excluding hydrogens is 512 g/mol. The third-order valence-corrected chi connectivity index (χ3v) is 7.02. The van der Waals surface area contributed by atoms with Crippen LogP contribution in [0.5, 0.6) is 11.6 Å². The Bertz CT molecular complexity index is 1400. The molecule has 12 heteroatoms. The van der Waals surface area contributed by atoms with Gasteiger partial charge >= 0.3 is 6.18 Å². The lowest BCUT2D eigenvalue weighted by atomic mass is 10.1. The SMILES string of the molecule is CNCCCN=[S@](C)(=O)c1cccc(NC(=O)c2cc(C(F)(F)F)cnc2Oc2ccc(F)cc2C)c1. The van der Waals surface area contributed by atoms with Crippen molar-refractivity contribution in [3.63, 3.8) is 0 Å². The summed E-state index contributed by atoms with van der Waals surface area (Å²) in [6, 6.07) is 10.3. The summed E-state index contributed by atoms with van der Waals surface area (Å²) in [5.41, 5.74) is -1.08. The third kappa shape index (κ3) is 7.49. The fourth-order valence-electron chi connectivity index (χ4n) is 3.26. The van der Waals surface area contributed by atoms with Crippen LogP contribution in [0, 0.1) is 12.7 Å². The number of aryl methyl sites for hydroxylation is 1. The van der Waals surface area contributed by atoms with Gasteiger partial charge in [0.25, 0.3) is 5.91 Å². The molecule has 2 aromatic carbocycles. The molecule has 0 spiro atoms. The number of alkyl halides is 3. The van der Waals surface area contributed by atoms with Crippen LogP contribution in [0.4, 0.5) is 23.2 Å². The van der Waals surface area contributed by atoms with Crippen LogP contribution in [0.2, 0.25) is 0 Å². The highest BCUT2D eigenvalue weighted by atomic mass is 32.2. The molecule has 0 radical (unpaired) electrons. The second-order valence-corrected chi connectivity index (χ2v) is 10.5. The molecule has 0 aliphatic rings. The van der Waals surface area contributed by atoms with E-state index in [4.69, 9.17) is 4.74 Å². The van der Waals surface area contributed by atoms with Crippen molar-refractivity contribution in [3.8, 4) is 11.6 Å². The fourth-order valence-corrected chi connectivity index (χ4v) is 4.56. The second-order valence-electron chi connectivity index (χ2n) is 8.18. The average molecular weight is 539 g/mol. The summed E-state index contributed by atoms with van der Waals surface area (Å²) in [7, 11) is -0.969. The molecule has 3 aromatic rings. The van der Waals surface area contributed by atoms with Crippen molar-refractivity contribution in [1.29, 1.82) is 0 Å². The Morgan fingerprint density at radius 1 is 1.16 bits per heavy atom. The average Bonchev–Trinajstić information content (AvgIpc) is 2.83. The number of ether oxygens (including phenoxy) is 1. The summed E-state index contributed by atoms with van der Waals surface area (Å²) < 4.78 is 76.4. The van der Waals surface area contributed by atoms with Gasteiger partial charge in [-0.05, 0) is 75.0 Å². The van der Waals surface area contributed by atoms with Crippen LogP contribution in [0.1, 0.15) is 27.9 Å². The van der Waals surface area contributed by atoms with Gasteiger partial charge in [-0.15, -0.1) is 0 Å². The zero-order chi connectivity index (χ0) is 27.2. The molecule has 37 heavy (non-hydrogen) atoms. The number of carbonyl (C=O) groups is 1. The predicted molar refractivity (Wildman–Crippen MR) is 133 cm³/mol. The third-order valence-electron chi connectivity index (χ3n) is 5.22. The van der Waals surface area contributed by atoms with E-state index in [0.29, 0.717) is 42.2 Å². The van der Waals surface area contributed by atoms with Crippen LogP contribution in [0.15, 0.2) is 64.0 Å². The molecule has 198 valence electrons. The molecule has 1 aromatic heterocycles. The number of nitrogens with zero attached hydrogens (tertiary/aromatic N) is 2. The van der Waals surface area contributed by atoms with Crippen molar-refractivity contribution in [2.75, 3.05) is 31.7 Å². The molecule has 0 unspecified atom stereocenters. The molecule has 0 aliphatic heterocycles. The van der Waals surface area contributed by atoms with Crippen molar-refractivity contribution in [1.82, 2.24) is 10.3 Å². The second kappa shape index (κ2) is 11.7. The molecule has 0 saturated heterocycles. The van der Waals surface area contributed by atoms with Crippen LogP contribution in [0.25, 0.3) is 0 Å². The van der Waals surface area contributed by atoms with E-state index < -0.39 is 44.6 Å². The Labute approximate surface area is 212 Å². The Balaban J connectivity index is 1.93. The van der Waals surface area contributed by atoms with Crippen LogP contribution in [-0.2, 0) is 15.9 Å². The number of anilines is 1. The maximum absolute atomic E-state index is 13.4. The Morgan fingerprint density at radius 3 is 2.59 bits per heavy atom. The van der Waals surface area contributed by atoms with Crippen molar-refractivity contribution in [3.05, 3.63) is 77.2 Å². The topological polar surface area (TPSA) is 92.7 Å². The molecule has 0 saturated carbocycles. The first-order valence-electron chi connectivity index (χ1n) is 11.2. The van der Waals surface area contributed by atoms with E-state index in [1.54, 1.807) is 26.1 Å². The standard InChI is InChI=1S/C25H26F4N4O3S/c1-16-12-18(26)8-9-22(16)36-24-21(13-17(15-31-24)25(27,28)29)23(34)33-19-6-4-7-20(14-19)37(3,35)32-11-5-10-30-2/h4,6-9,12-15,30H,5,10-11H2,1-3H3,(H,33,34)/t37-/m1/s1. The van der Waals surface area contributed by atoms with Crippen molar-refractivity contribution >= 4 is 21.3 Å². The van der Waals surface area contributed by atoms with Crippen LogP contribution in [-0.4, -0.2) is 41.5 Å². The first-order chi connectivity index (χ1) is 17.4. The van der Waals surface area contributed by atoms with Crippen LogP contribution in [0.3, 0.4) is 0 Å². The predicted octanol–water partition coefficient (Wildman–Crippen LogP) is 5.66. The number of rotatable bonds is 9. The molecule has 1 amide bonds. The maximum Gasteiger partial charge on any atom is 0.417 e. The molecular formula is C25H26F4N4O3S. The summed E-state index contributed by atoms with van der Waals surface area (Å²) in [6.45, 7) is 2.62. The quantitative estimate of drug-likeness (QED) is 0.271. The lowest BCUT2D eigenvalue weighted by Gasteiger charge is -2.15. The van der Waals surface area contributed by atoms with Gasteiger partial charge in [0.2, 0.25) is 5.88 Å². The summed E-state index contributed by atoms with van der Waals surface area (Å²) >= 11 is 0. The zero-order valence-electron chi connectivity index (χ0n) is 20.4. The van der Waals surface area contributed by atoms with Gasteiger partial charge in [-0.25, -0.2) is 17.9 Å². The number of pyridine rings is 1. The van der Waals surface area contributed by atoms with Gasteiger partial charge in [0.1, 0.15) is 17.1 Å². The van der Waals surface area contributed by atoms with Gasteiger partial charge in [-0.2, -0.15) is 13.2 Å². The van der Waals surface area contributed by atoms with Gasteiger partial charge in [0, 0.05) is 29.6 Å². The summed E-state index contributed by atoms with van der Waals surface area (Å²) in [5, 5.41) is 5.49. The molecule has 3 rings (SSSR count). The van der Waals surface area contributed by atoms with Gasteiger partial charge in [0.15, 0.2) is 0 Å². The minimum absolute atomic E-state index is 0.121. The van der Waals surface area contributed by atoms with Crippen LogP contribution < -0.4 is 15.4 Å². The number of nitrogens with one attached hydrogen (secondary N) is 2. The van der Waals surface area contributed by atoms with E-state index in [-0.39, 0.29) is 11.4 Å². The van der Waals surface area contributed by atoms with E-state index in [1.165, 1.54) is 30.5 Å². The fraction of sp³-hybridized carbons (Fsp3) is 0.280. The van der Waals surface area contributed by atoms with Crippen molar-refractivity contribution in [2.24, 2.45) is 4.36 Å². The maximum atomic E-state index is 13.4. The van der Waals surface area contributed by atoms with Gasteiger partial charge in [-0.3, -0.25) is 4.79 Å². The Kier molecular flexibility index (Phi) is 8.87. The Hall–Kier alpha value is -3.51. The number of aromatic nitrogens is 1. The number of amides is 1. The molecule has 0 bridgehead atoms. The summed E-state index contributed by atoms with van der Waals surface area (Å²) in [4.78, 5) is 17.2. The minimum atomic E-state index is -4.76. The van der Waals surface area contributed by atoms with Crippen LogP contribution >= 0.6 is 0 Å². The van der Waals surface area contributed by atoms with E-state index in [1.807, 2.05) is 0 Å². The molecule has 1 atom stereocenters. The smallest absolute Gasteiger partial charge is 0.417 e. The van der Waals surface area contributed by atoms with E-state index >= 15 is 0 Å². The van der Waals surface area contributed by atoms with Gasteiger partial charge in [-0.1, -0.05) is 6.07 Å². The number of hydrogen-bond donors (Lipinski definition) is 2. The number of hydrogen-bond acceptors (Lipinski definition) is 6. The molecule has 7 nitrogen and oxygen atoms in total. The highest BCUT2D eigenvalue weighted by Crippen LogP contribution is 2.34. The van der Waals surface area contributed by atoms with Gasteiger partial charge in [0.05, 0.1) is 15.3 Å². The lowest BCUT2D eigenvalue weighted by Crippen LogP contribution is -2.16. The molecule has 0 fully saturated rings. The highest BCUT2D eigenvalue weighted by molar-refractivity contribution is 7.93. The van der Waals surface area contributed by atoms with Gasteiger partial charge < -0.3 is 15.4 Å².